The third kappa shape index (κ3) is 29.9. The maximum absolute atomic E-state index is 15.3. The largest absolute Gasteiger partial charge is 0.508 e. The van der Waals surface area contributed by atoms with Crippen molar-refractivity contribution < 1.29 is 110 Å². The van der Waals surface area contributed by atoms with E-state index < -0.39 is 169 Å². The third-order valence-electron chi connectivity index (χ3n) is 17.0. The third-order valence-corrected chi connectivity index (χ3v) is 19.7. The zero-order chi connectivity index (χ0) is 76.9. The zero-order valence-corrected chi connectivity index (χ0v) is 61.0. The molecule has 0 aliphatic carbocycles. The maximum atomic E-state index is 15.3. The summed E-state index contributed by atoms with van der Waals surface area (Å²) in [5.41, 5.74) is 18.8. The number of nitrogens with one attached hydrogen (secondary N) is 9. The number of phenols is 2. The number of hydrogen-bond acceptors (Lipinski definition) is 22. The number of primary amides is 2. The molecule has 2 heterocycles. The summed E-state index contributed by atoms with van der Waals surface area (Å²) in [6.45, 7) is 0.957. The molecule has 34 nitrogen and oxygen atoms in total. The number of carbonyl (C=O) groups excluding carboxylic acids is 10. The first kappa shape index (κ1) is 87.3. The van der Waals surface area contributed by atoms with E-state index in [9.17, 15) is 78.6 Å². The Hall–Kier alpha value is -9.30. The Labute approximate surface area is 633 Å². The number of urea groups is 1. The second kappa shape index (κ2) is 44.0. The Morgan fingerprint density at radius 1 is 0.594 bits per heavy atom. The van der Waals surface area contributed by atoms with Crippen LogP contribution in [0.3, 0.4) is 0 Å². The number of carboxylic acid groups (broad SMARTS) is 3. The predicted molar refractivity (Wildman–Crippen MR) is 387 cm³/mol. The molecule has 0 saturated carbocycles. The van der Waals surface area contributed by atoms with Crippen LogP contribution in [-0.4, -0.2) is 253 Å². The van der Waals surface area contributed by atoms with Gasteiger partial charge < -0.3 is 95.7 Å². The van der Waals surface area contributed by atoms with E-state index in [0.717, 1.165) is 28.5 Å². The van der Waals surface area contributed by atoms with Gasteiger partial charge in [0, 0.05) is 111 Å². The number of aliphatic hydroxyl groups is 1. The Balaban J connectivity index is 0.0000202. The summed E-state index contributed by atoms with van der Waals surface area (Å²) in [4.78, 5) is 184. The van der Waals surface area contributed by atoms with Gasteiger partial charge in [-0.3, -0.25) is 72.2 Å². The Kier molecular flexibility index (Phi) is 36.2. The van der Waals surface area contributed by atoms with Gasteiger partial charge in [-0.05, 0) is 110 Å². The number of aliphatic hydroxyl groups excluding tert-OH is 1. The minimum atomic E-state index is -1.86. The van der Waals surface area contributed by atoms with Crippen LogP contribution in [0.15, 0.2) is 97.1 Å². The monoisotopic (exact) mass is 1580 g/mol. The van der Waals surface area contributed by atoms with Crippen molar-refractivity contribution >= 4 is 116 Å². The second-order valence-electron chi connectivity index (χ2n) is 25.2. The number of anilines is 1. The molecule has 0 bridgehead atoms. The van der Waals surface area contributed by atoms with Gasteiger partial charge in [0.05, 0.1) is 19.2 Å². The van der Waals surface area contributed by atoms with Crippen LogP contribution in [0.1, 0.15) is 61.3 Å². The molecule has 4 aromatic rings. The molecule has 1 radical (unpaired) electrons. The molecule has 581 valence electrons. The van der Waals surface area contributed by atoms with E-state index in [1.165, 1.54) is 99.6 Å². The molecule has 2 fully saturated rings. The smallest absolute Gasteiger partial charge is 0.320 e. The van der Waals surface area contributed by atoms with Crippen molar-refractivity contribution in [1.29, 1.82) is 0 Å². The normalized spacial score (nSPS) is 20.5. The second-order valence-corrected chi connectivity index (χ2v) is 28.2. The summed E-state index contributed by atoms with van der Waals surface area (Å²) in [7, 11) is 1.68. The number of hydrogen-bond donors (Lipinski definition) is 18. The molecule has 6 rings (SSSR count). The molecule has 10 atom stereocenters. The fourth-order valence-corrected chi connectivity index (χ4v) is 13.8. The molecule has 2 aliphatic heterocycles. The number of benzene rings is 4. The number of phenolic OH excluding ortho intramolecular Hbond substituents is 2. The van der Waals surface area contributed by atoms with Crippen LogP contribution in [0.2, 0.25) is 5.02 Å². The summed E-state index contributed by atoms with van der Waals surface area (Å²) < 4.78 is 0. The maximum Gasteiger partial charge on any atom is 0.320 e. The van der Waals surface area contributed by atoms with Crippen LogP contribution in [0.4, 0.5) is 10.5 Å². The number of amides is 11. The van der Waals surface area contributed by atoms with Gasteiger partial charge in [-0.15, -0.1) is 0 Å². The quantitative estimate of drug-likeness (QED) is 0.0160. The van der Waals surface area contributed by atoms with Crippen molar-refractivity contribution in [2.75, 3.05) is 75.7 Å². The Bertz CT molecular complexity index is 3640. The number of aromatic hydroxyl groups is 2. The van der Waals surface area contributed by atoms with E-state index in [1.807, 2.05) is 0 Å². The summed E-state index contributed by atoms with van der Waals surface area (Å²) >= 11 is 6.26. The van der Waals surface area contributed by atoms with Crippen LogP contribution in [0, 0.1) is 0 Å². The number of aliphatic carboxylic acids is 3. The van der Waals surface area contributed by atoms with Gasteiger partial charge in [0.25, 0.3) is 0 Å². The molecule has 0 spiro atoms. The first-order chi connectivity index (χ1) is 49.9. The van der Waals surface area contributed by atoms with Crippen molar-refractivity contribution in [3.8, 4) is 11.5 Å². The first-order valence-electron chi connectivity index (χ1n) is 33.6. The minimum absolute atomic E-state index is 0. The van der Waals surface area contributed by atoms with Crippen molar-refractivity contribution in [1.82, 2.24) is 57.2 Å². The molecule has 10 unspecified atom stereocenters. The average Bonchev–Trinajstić information content (AvgIpc) is 1.10. The van der Waals surface area contributed by atoms with E-state index in [1.54, 1.807) is 12.1 Å². The van der Waals surface area contributed by atoms with Gasteiger partial charge in [0.1, 0.15) is 65.9 Å². The van der Waals surface area contributed by atoms with E-state index in [-0.39, 0.29) is 125 Å². The fourth-order valence-electron chi connectivity index (χ4n) is 11.4. The van der Waals surface area contributed by atoms with Crippen LogP contribution in [0.5, 0.6) is 11.5 Å². The fraction of sp³-hybridized carbons (Fsp3) is 0.456. The standard InChI is InChI=1S/C68H90ClN15O19S2.Cu/c1-38(85)58-66(100)80-53(64(98)76-48(59(71)93)30-41-9-17-45(86)18-10-41)37-105-104-36-52(79-61(95)49(31-39-5-13-43(69)14-6-39)74-55(88)22-21-54(67(101)102)84-28-26-82(34-56(89)90)24-25-83(27-29-84)35-57(91)92)65(99)78-51(33-42-11-19-46(87)20-12-42)63(97)77-50(32-40-7-15-44(16-8-40)73-68(72)103)62(96)75-47(60(94)81-58)4-2-3-23-70;/h5-20,38,47-54,58,85-87H,2-4,21-37,70H2,1H3,(H2,71,93)(H,74,88)(H,75,96)(H,76,98)(H,77,97)(H,78,99)(H,79,95)(H,80,100)(H,81,94)(H,89,90)(H,91,92)(H,101,102)(H3,72,73,103);/i;1-3. The van der Waals surface area contributed by atoms with Crippen molar-refractivity contribution in [2.45, 2.75) is 125 Å². The van der Waals surface area contributed by atoms with Crippen molar-refractivity contribution in [2.24, 2.45) is 17.2 Å². The first-order valence-corrected chi connectivity index (χ1v) is 36.4. The van der Waals surface area contributed by atoms with Crippen molar-refractivity contribution in [3.63, 3.8) is 0 Å². The van der Waals surface area contributed by atoms with E-state index in [2.05, 4.69) is 47.9 Å². The van der Waals surface area contributed by atoms with Crippen molar-refractivity contribution in [3.05, 3.63) is 124 Å². The SMILES string of the molecule is CC(O)C1NC(=O)C(CCCCN)NC(=O)C(Cc2ccc(NC(N)=O)cc2)NC(=O)C(Cc2ccc(O)cc2)NC(=O)C(NC(=O)C(Cc2ccc(Cl)cc2)NC(=O)CCC(C(=O)O)N2CCN(CC(=O)O)CCN(CC(=O)O)CC2)CSSCC(C(=O)NC(Cc2ccc(O)cc2)C(N)=O)NC1=O.[61Cu]. The number of nitrogens with zero attached hydrogens (tertiary/aromatic N) is 3. The number of rotatable bonds is 29. The van der Waals surface area contributed by atoms with Gasteiger partial charge in [0.15, 0.2) is 0 Å². The number of carbonyl (C=O) groups is 13. The van der Waals surface area contributed by atoms with Gasteiger partial charge in [0.2, 0.25) is 53.2 Å². The summed E-state index contributed by atoms with van der Waals surface area (Å²) in [6.07, 6.45) is -3.34. The average molecular weight is 1580 g/mol. The van der Waals surface area contributed by atoms with Crippen LogP contribution < -0.4 is 65.1 Å². The summed E-state index contributed by atoms with van der Waals surface area (Å²) in [6, 6.07) is 7.85. The Morgan fingerprint density at radius 2 is 1.08 bits per heavy atom. The van der Waals surface area contributed by atoms with Gasteiger partial charge in [-0.2, -0.15) is 0 Å². The zero-order valence-electron chi connectivity index (χ0n) is 57.7. The predicted octanol–water partition coefficient (Wildman–Crippen LogP) is -1.90. The number of carboxylic acids is 3. The van der Waals surface area contributed by atoms with E-state index >= 15 is 14.4 Å². The van der Waals surface area contributed by atoms with Gasteiger partial charge in [-0.1, -0.05) is 81.7 Å². The Morgan fingerprint density at radius 3 is 1.58 bits per heavy atom. The number of nitrogens with two attached hydrogens (primary N) is 3. The molecule has 2 saturated heterocycles. The molecular formula is C68H90ClCuN15O19S2. The molecule has 11 amide bonds. The molecule has 4 aromatic carbocycles. The number of unbranched alkanes of at least 4 members (excludes halogenated alkanes) is 1. The molecule has 21 N–H and O–H groups in total. The van der Waals surface area contributed by atoms with Crippen LogP contribution in [-0.2, 0) is 100 Å². The van der Waals surface area contributed by atoms with E-state index in [0.29, 0.717) is 33.7 Å². The molecule has 0 aromatic heterocycles. The van der Waals surface area contributed by atoms with Gasteiger partial charge >= 0.3 is 23.9 Å². The summed E-state index contributed by atoms with van der Waals surface area (Å²) in [5, 5.41) is 84.9. The molecule has 106 heavy (non-hydrogen) atoms. The number of halogens is 1. The summed E-state index contributed by atoms with van der Waals surface area (Å²) in [5.74, 6) is -13.9. The molecule has 38 heteroatoms. The molecular weight excluding hydrogens is 1490 g/mol. The van der Waals surface area contributed by atoms with Gasteiger partial charge in [-0.25, -0.2) is 4.79 Å². The molecule has 2 aliphatic rings. The van der Waals surface area contributed by atoms with Crippen LogP contribution in [0.25, 0.3) is 0 Å². The van der Waals surface area contributed by atoms with Crippen LogP contribution >= 0.6 is 33.2 Å². The minimum Gasteiger partial charge on any atom is -0.508 e. The van der Waals surface area contributed by atoms with E-state index in [4.69, 9.17) is 28.8 Å². The topological polar surface area (TPSA) is 539 Å².